The molecule has 8 N–H and O–H groups in total. The van der Waals surface area contributed by atoms with Crippen LogP contribution in [0, 0.1) is 0 Å². The van der Waals surface area contributed by atoms with Gasteiger partial charge in [0.25, 0.3) is 0 Å². The molecule has 0 bridgehead atoms. The zero-order chi connectivity index (χ0) is 57.5. The molecule has 9 atom stereocenters. The molecule has 0 saturated carbocycles. The van der Waals surface area contributed by atoms with Crippen LogP contribution in [0.25, 0.3) is 0 Å². The molecule has 0 spiro atoms. The molecule has 0 aromatic rings. The Morgan fingerprint density at radius 1 is 0.443 bits per heavy atom. The molecule has 1 rings (SSSR count). The fourth-order valence-electron chi connectivity index (χ4n) is 10.4. The maximum atomic E-state index is 13.2. The summed E-state index contributed by atoms with van der Waals surface area (Å²) in [5, 5.41) is 76.4. The molecule has 0 aliphatic carbocycles. The second kappa shape index (κ2) is 56.3. The Labute approximate surface area is 484 Å². The SMILES string of the molecule is CCCCCCCCCCC/C=C\C/C=C\CCCCCCCCCCCCC(O)C(=O)NC(COC1OC(CO)C(O)C(O)C1O)C(O)C(O)CCC/C=C/CC/C=C/CC/C=C/CCCCCCCCCCCCCCC. The Balaban J connectivity index is 2.29. The van der Waals surface area contributed by atoms with Crippen LogP contribution in [0.2, 0.25) is 0 Å². The first-order valence-electron chi connectivity index (χ1n) is 33.2. The summed E-state index contributed by atoms with van der Waals surface area (Å²) in [5.74, 6) is -0.714. The summed E-state index contributed by atoms with van der Waals surface area (Å²) < 4.78 is 11.2. The Hall–Kier alpha value is -2.19. The molecule has 0 radical (unpaired) electrons. The van der Waals surface area contributed by atoms with Crippen LogP contribution in [0.3, 0.4) is 0 Å². The molecule has 1 amide bonds. The van der Waals surface area contributed by atoms with Gasteiger partial charge in [0, 0.05) is 0 Å². The molecule has 1 saturated heterocycles. The van der Waals surface area contributed by atoms with E-state index in [0.717, 1.165) is 57.8 Å². The van der Waals surface area contributed by atoms with Gasteiger partial charge >= 0.3 is 0 Å². The molecule has 1 aliphatic rings. The molecule has 9 unspecified atom stereocenters. The van der Waals surface area contributed by atoms with Crippen LogP contribution in [0.4, 0.5) is 0 Å². The molecule has 462 valence electrons. The Morgan fingerprint density at radius 3 is 1.20 bits per heavy atom. The van der Waals surface area contributed by atoms with Gasteiger partial charge in [-0.25, -0.2) is 0 Å². The van der Waals surface area contributed by atoms with Crippen molar-refractivity contribution < 1.29 is 50.0 Å². The number of aliphatic hydroxyl groups is 7. The second-order valence-electron chi connectivity index (χ2n) is 23.2. The summed E-state index contributed by atoms with van der Waals surface area (Å²) in [5.41, 5.74) is 0. The highest BCUT2D eigenvalue weighted by atomic mass is 16.7. The van der Waals surface area contributed by atoms with Crippen LogP contribution in [-0.4, -0.2) is 110 Å². The average molecular weight is 1120 g/mol. The van der Waals surface area contributed by atoms with E-state index in [4.69, 9.17) is 9.47 Å². The highest BCUT2D eigenvalue weighted by molar-refractivity contribution is 5.80. The number of allylic oxidation sites excluding steroid dienone is 10. The number of rotatable bonds is 57. The molecule has 11 nitrogen and oxygen atoms in total. The van der Waals surface area contributed by atoms with E-state index in [1.54, 1.807) is 0 Å². The van der Waals surface area contributed by atoms with Crippen LogP contribution in [0.5, 0.6) is 0 Å². The van der Waals surface area contributed by atoms with Gasteiger partial charge in [-0.2, -0.15) is 0 Å². The average Bonchev–Trinajstić information content (AvgIpc) is 3.46. The highest BCUT2D eigenvalue weighted by Gasteiger charge is 2.44. The minimum Gasteiger partial charge on any atom is -0.394 e. The van der Waals surface area contributed by atoms with Gasteiger partial charge < -0.3 is 50.5 Å². The predicted octanol–water partition coefficient (Wildman–Crippen LogP) is 15.4. The molecule has 11 heteroatoms. The number of hydrogen-bond donors (Lipinski definition) is 8. The number of hydrogen-bond acceptors (Lipinski definition) is 10. The van der Waals surface area contributed by atoms with Gasteiger partial charge in [0.15, 0.2) is 6.29 Å². The molecular formula is C68H125NO10. The van der Waals surface area contributed by atoms with Crippen LogP contribution < -0.4 is 5.32 Å². The minimum atomic E-state index is -1.68. The van der Waals surface area contributed by atoms with Crippen molar-refractivity contribution in [3.63, 3.8) is 0 Å². The van der Waals surface area contributed by atoms with E-state index in [0.29, 0.717) is 19.3 Å². The van der Waals surface area contributed by atoms with Crippen molar-refractivity contribution in [2.75, 3.05) is 13.2 Å². The molecule has 79 heavy (non-hydrogen) atoms. The maximum absolute atomic E-state index is 13.2. The lowest BCUT2D eigenvalue weighted by molar-refractivity contribution is -0.303. The number of amides is 1. The first kappa shape index (κ1) is 74.8. The lowest BCUT2D eigenvalue weighted by Gasteiger charge is -2.40. The first-order chi connectivity index (χ1) is 38.7. The van der Waals surface area contributed by atoms with Gasteiger partial charge in [0.2, 0.25) is 5.91 Å². The smallest absolute Gasteiger partial charge is 0.249 e. The van der Waals surface area contributed by atoms with E-state index >= 15 is 0 Å². The molecule has 0 aromatic carbocycles. The van der Waals surface area contributed by atoms with Crippen molar-refractivity contribution in [3.05, 3.63) is 60.8 Å². The summed E-state index contributed by atoms with van der Waals surface area (Å²) >= 11 is 0. The van der Waals surface area contributed by atoms with E-state index in [-0.39, 0.29) is 12.8 Å². The Kier molecular flexibility index (Phi) is 53.3. The van der Waals surface area contributed by atoms with Crippen LogP contribution in [-0.2, 0) is 14.3 Å². The quantitative estimate of drug-likeness (QED) is 0.0215. The summed E-state index contributed by atoms with van der Waals surface area (Å²) in [4.78, 5) is 13.2. The van der Waals surface area contributed by atoms with Crippen molar-refractivity contribution >= 4 is 5.91 Å². The number of unbranched alkanes of at least 4 members (excludes halogenated alkanes) is 35. The number of nitrogens with one attached hydrogen (secondary N) is 1. The van der Waals surface area contributed by atoms with E-state index in [2.05, 4.69) is 79.9 Å². The van der Waals surface area contributed by atoms with Crippen molar-refractivity contribution in [1.82, 2.24) is 5.32 Å². The maximum Gasteiger partial charge on any atom is 0.249 e. The number of carbonyl (C=O) groups is 1. The van der Waals surface area contributed by atoms with Gasteiger partial charge in [0.05, 0.1) is 25.4 Å². The van der Waals surface area contributed by atoms with Gasteiger partial charge in [-0.05, 0) is 96.3 Å². The normalized spacial score (nSPS) is 19.7. The minimum absolute atomic E-state index is 0.239. The van der Waals surface area contributed by atoms with Crippen molar-refractivity contribution in [2.45, 2.75) is 351 Å². The Bertz CT molecular complexity index is 1470. The fraction of sp³-hybridized carbons (Fsp3) is 0.838. The summed E-state index contributed by atoms with van der Waals surface area (Å²) in [6, 6.07) is -1.20. The van der Waals surface area contributed by atoms with Crippen molar-refractivity contribution in [1.29, 1.82) is 0 Å². The van der Waals surface area contributed by atoms with Crippen LogP contribution >= 0.6 is 0 Å². The van der Waals surface area contributed by atoms with E-state index in [9.17, 15) is 40.5 Å². The third-order valence-corrected chi connectivity index (χ3v) is 15.7. The predicted molar refractivity (Wildman–Crippen MR) is 330 cm³/mol. The van der Waals surface area contributed by atoms with Crippen LogP contribution in [0.1, 0.15) is 296 Å². The molecule has 1 heterocycles. The van der Waals surface area contributed by atoms with Gasteiger partial charge in [-0.3, -0.25) is 4.79 Å². The van der Waals surface area contributed by atoms with Gasteiger partial charge in [-0.1, -0.05) is 261 Å². The van der Waals surface area contributed by atoms with Gasteiger partial charge in [0.1, 0.15) is 36.6 Å². The molecular weight excluding hydrogens is 991 g/mol. The highest BCUT2D eigenvalue weighted by Crippen LogP contribution is 2.23. The lowest BCUT2D eigenvalue weighted by Crippen LogP contribution is -2.60. The lowest BCUT2D eigenvalue weighted by atomic mass is 9.98. The molecule has 1 aliphatic heterocycles. The molecule has 1 fully saturated rings. The van der Waals surface area contributed by atoms with Crippen LogP contribution in [0.15, 0.2) is 60.8 Å². The number of aliphatic hydroxyl groups excluding tert-OH is 7. The largest absolute Gasteiger partial charge is 0.394 e. The van der Waals surface area contributed by atoms with E-state index in [1.807, 2.05) is 0 Å². The van der Waals surface area contributed by atoms with Crippen molar-refractivity contribution in [2.24, 2.45) is 0 Å². The monoisotopic (exact) mass is 1120 g/mol. The standard InChI is InChI=1S/C68H125NO10/c1-3-5-7-9-11-13-15-17-19-21-23-25-27-29-31-33-35-37-39-41-43-45-47-49-51-53-55-60(71)63(73)59(58-78-68-66(76)65(75)64(74)62(57-70)79-68)69-67(77)61(72)56-54-52-50-48-46-44-42-40-38-36-34-32-30-28-26-24-22-20-18-16-14-12-10-8-6-4-2/h24,26,30-33,39,41,47,49,59-66,68,70-76H,3-23,25,27-29,34-38,40,42-46,48,50-58H2,1-2H3,(H,69,77)/b26-24-,32-30-,33-31+,41-39+,49-47+. The second-order valence-corrected chi connectivity index (χ2v) is 23.2. The fourth-order valence-corrected chi connectivity index (χ4v) is 10.4. The summed E-state index contributed by atoms with van der Waals surface area (Å²) in [7, 11) is 0. The topological polar surface area (TPSA) is 189 Å². The Morgan fingerprint density at radius 2 is 0.797 bits per heavy atom. The molecule has 0 aromatic heterocycles. The van der Waals surface area contributed by atoms with E-state index in [1.165, 1.54) is 193 Å². The summed E-state index contributed by atoms with van der Waals surface area (Å²) in [6.07, 6.45) is 62.9. The number of ether oxygens (including phenoxy) is 2. The third kappa shape index (κ3) is 44.1. The van der Waals surface area contributed by atoms with Crippen molar-refractivity contribution in [3.8, 4) is 0 Å². The van der Waals surface area contributed by atoms with Gasteiger partial charge in [-0.15, -0.1) is 0 Å². The first-order valence-corrected chi connectivity index (χ1v) is 33.2. The summed E-state index contributed by atoms with van der Waals surface area (Å²) in [6.45, 7) is 3.46. The van der Waals surface area contributed by atoms with E-state index < -0.39 is 74.2 Å². The number of carbonyl (C=O) groups excluding carboxylic acids is 1. The zero-order valence-electron chi connectivity index (χ0n) is 50.9. The zero-order valence-corrected chi connectivity index (χ0v) is 50.9. The third-order valence-electron chi connectivity index (χ3n) is 15.7.